The number of nitrogens with two attached hydrogens (primary N) is 1. The highest BCUT2D eigenvalue weighted by atomic mass is 32.1. The molecule has 2 aromatic rings. The first-order chi connectivity index (χ1) is 9.16. The lowest BCUT2D eigenvalue weighted by Crippen LogP contribution is -2.35. The van der Waals surface area contributed by atoms with E-state index in [1.54, 1.807) is 5.51 Å². The van der Waals surface area contributed by atoms with Crippen molar-refractivity contribution < 1.29 is 4.79 Å². The fourth-order valence-corrected chi connectivity index (χ4v) is 3.18. The molecule has 19 heavy (non-hydrogen) atoms. The van der Waals surface area contributed by atoms with Crippen molar-refractivity contribution in [2.45, 2.75) is 19.8 Å². The van der Waals surface area contributed by atoms with Crippen LogP contribution >= 0.6 is 11.3 Å². The van der Waals surface area contributed by atoms with E-state index >= 15 is 0 Å². The number of thiazole rings is 1. The first kappa shape index (κ1) is 12.2. The zero-order valence-corrected chi connectivity index (χ0v) is 11.5. The third-order valence-electron chi connectivity index (χ3n) is 3.41. The second-order valence-corrected chi connectivity index (χ2v) is 5.57. The number of hydrogen-bond acceptors (Lipinski definition) is 4. The molecule has 0 unspecified atom stereocenters. The molecular weight excluding hydrogens is 258 g/mol. The van der Waals surface area contributed by atoms with Gasteiger partial charge in [0.05, 0.1) is 11.2 Å². The van der Waals surface area contributed by atoms with Crippen LogP contribution in [0.25, 0.3) is 0 Å². The SMILES string of the molecule is Cc1ncsc1C(=O)N1CCCc2ccc(N)cc21. The number of aryl methyl sites for hydroxylation is 2. The number of hydrogen-bond donors (Lipinski definition) is 1. The number of rotatable bonds is 1. The van der Waals surface area contributed by atoms with Crippen LogP contribution in [0.1, 0.15) is 27.3 Å². The Morgan fingerprint density at radius 2 is 2.32 bits per heavy atom. The van der Waals surface area contributed by atoms with Gasteiger partial charge in [0.2, 0.25) is 0 Å². The van der Waals surface area contributed by atoms with Crippen LogP contribution in [0.5, 0.6) is 0 Å². The highest BCUT2D eigenvalue weighted by Crippen LogP contribution is 2.31. The molecule has 0 spiro atoms. The lowest BCUT2D eigenvalue weighted by atomic mass is 10.0. The van der Waals surface area contributed by atoms with Gasteiger partial charge in [-0.05, 0) is 37.5 Å². The average Bonchev–Trinajstić information content (AvgIpc) is 2.83. The first-order valence-corrected chi connectivity index (χ1v) is 7.15. The van der Waals surface area contributed by atoms with Gasteiger partial charge in [-0.2, -0.15) is 0 Å². The van der Waals surface area contributed by atoms with Crippen molar-refractivity contribution in [2.75, 3.05) is 17.2 Å². The third kappa shape index (κ3) is 2.10. The predicted molar refractivity (Wildman–Crippen MR) is 77.7 cm³/mol. The Morgan fingerprint density at radius 1 is 1.47 bits per heavy atom. The van der Waals surface area contributed by atoms with Gasteiger partial charge in [0.25, 0.3) is 5.91 Å². The third-order valence-corrected chi connectivity index (χ3v) is 4.33. The molecule has 98 valence electrons. The number of amides is 1. The molecule has 3 rings (SSSR count). The molecule has 2 N–H and O–H groups in total. The molecule has 4 nitrogen and oxygen atoms in total. The monoisotopic (exact) mass is 273 g/mol. The molecule has 1 aliphatic heterocycles. The molecular formula is C14H15N3OS. The van der Waals surface area contributed by atoms with Gasteiger partial charge in [-0.3, -0.25) is 4.79 Å². The van der Waals surface area contributed by atoms with Crippen LogP contribution in [0, 0.1) is 6.92 Å². The van der Waals surface area contributed by atoms with Crippen LogP contribution < -0.4 is 10.6 Å². The maximum Gasteiger partial charge on any atom is 0.270 e. The molecule has 5 heteroatoms. The molecule has 2 heterocycles. The van der Waals surface area contributed by atoms with E-state index in [4.69, 9.17) is 5.73 Å². The number of nitrogen functional groups attached to an aromatic ring is 1. The van der Waals surface area contributed by atoms with Gasteiger partial charge in [-0.15, -0.1) is 11.3 Å². The molecule has 1 aliphatic rings. The van der Waals surface area contributed by atoms with Crippen LogP contribution in [-0.2, 0) is 6.42 Å². The summed E-state index contributed by atoms with van der Waals surface area (Å²) in [6.45, 7) is 2.61. The minimum Gasteiger partial charge on any atom is -0.399 e. The quantitative estimate of drug-likeness (QED) is 0.813. The van der Waals surface area contributed by atoms with Gasteiger partial charge >= 0.3 is 0 Å². The lowest BCUT2D eigenvalue weighted by Gasteiger charge is -2.29. The maximum absolute atomic E-state index is 12.6. The summed E-state index contributed by atoms with van der Waals surface area (Å²) in [5, 5.41) is 0. The molecule has 1 amide bonds. The molecule has 1 aromatic carbocycles. The summed E-state index contributed by atoms with van der Waals surface area (Å²) < 4.78 is 0. The van der Waals surface area contributed by atoms with E-state index in [0.717, 1.165) is 35.6 Å². The minimum absolute atomic E-state index is 0.0338. The van der Waals surface area contributed by atoms with Crippen LogP contribution in [0.15, 0.2) is 23.7 Å². The minimum atomic E-state index is 0.0338. The molecule has 0 aliphatic carbocycles. The summed E-state index contributed by atoms with van der Waals surface area (Å²) in [6, 6.07) is 5.80. The largest absolute Gasteiger partial charge is 0.399 e. The predicted octanol–water partition coefficient (Wildman–Crippen LogP) is 2.63. The zero-order valence-electron chi connectivity index (χ0n) is 10.7. The Labute approximate surface area is 115 Å². The van der Waals surface area contributed by atoms with Crippen LogP contribution in [0.4, 0.5) is 11.4 Å². The standard InChI is InChI=1S/C14H15N3OS/c1-9-13(19-8-16-9)14(18)17-6-2-3-10-4-5-11(15)7-12(10)17/h4-5,7-8H,2-3,6,15H2,1H3. The van der Waals surface area contributed by atoms with E-state index in [1.807, 2.05) is 30.0 Å². The van der Waals surface area contributed by atoms with E-state index in [0.29, 0.717) is 5.69 Å². The van der Waals surface area contributed by atoms with Crippen LogP contribution in [-0.4, -0.2) is 17.4 Å². The number of benzene rings is 1. The Morgan fingerprint density at radius 3 is 3.05 bits per heavy atom. The second-order valence-electron chi connectivity index (χ2n) is 4.72. The summed E-state index contributed by atoms with van der Waals surface area (Å²) in [5.74, 6) is 0.0338. The van der Waals surface area contributed by atoms with Gasteiger partial charge < -0.3 is 10.6 Å². The lowest BCUT2D eigenvalue weighted by molar-refractivity contribution is 0.0988. The summed E-state index contributed by atoms with van der Waals surface area (Å²) in [7, 11) is 0. The van der Waals surface area contributed by atoms with E-state index in [9.17, 15) is 4.79 Å². The summed E-state index contributed by atoms with van der Waals surface area (Å²) in [6.07, 6.45) is 1.99. The van der Waals surface area contributed by atoms with Gasteiger partial charge in [-0.25, -0.2) is 4.98 Å². The molecule has 0 saturated heterocycles. The van der Waals surface area contributed by atoms with Crippen LogP contribution in [0.3, 0.4) is 0 Å². The highest BCUT2D eigenvalue weighted by Gasteiger charge is 2.25. The van der Waals surface area contributed by atoms with Crippen LogP contribution in [0.2, 0.25) is 0 Å². The van der Waals surface area contributed by atoms with Crippen molar-refractivity contribution in [3.63, 3.8) is 0 Å². The summed E-state index contributed by atoms with van der Waals surface area (Å²) in [4.78, 5) is 19.3. The van der Waals surface area contributed by atoms with Crippen molar-refractivity contribution in [3.05, 3.63) is 39.8 Å². The number of carbonyl (C=O) groups excluding carboxylic acids is 1. The van der Waals surface area contributed by atoms with Crippen molar-refractivity contribution >= 4 is 28.6 Å². The number of nitrogens with zero attached hydrogens (tertiary/aromatic N) is 2. The Bertz CT molecular complexity index is 635. The smallest absolute Gasteiger partial charge is 0.270 e. The van der Waals surface area contributed by atoms with Crippen molar-refractivity contribution in [2.24, 2.45) is 0 Å². The van der Waals surface area contributed by atoms with E-state index in [2.05, 4.69) is 4.98 Å². The van der Waals surface area contributed by atoms with Crippen molar-refractivity contribution in [3.8, 4) is 0 Å². The molecule has 0 radical (unpaired) electrons. The second kappa shape index (κ2) is 4.66. The number of anilines is 2. The Kier molecular flexibility index (Phi) is 2.98. The number of fused-ring (bicyclic) bond motifs is 1. The first-order valence-electron chi connectivity index (χ1n) is 6.27. The Hall–Kier alpha value is -1.88. The highest BCUT2D eigenvalue weighted by molar-refractivity contribution is 7.12. The van der Waals surface area contributed by atoms with Crippen molar-refractivity contribution in [1.29, 1.82) is 0 Å². The van der Waals surface area contributed by atoms with E-state index < -0.39 is 0 Å². The summed E-state index contributed by atoms with van der Waals surface area (Å²) in [5.41, 5.74) is 11.2. The van der Waals surface area contributed by atoms with E-state index in [1.165, 1.54) is 16.9 Å². The topological polar surface area (TPSA) is 59.2 Å². The number of carbonyl (C=O) groups is 1. The molecule has 0 saturated carbocycles. The maximum atomic E-state index is 12.6. The molecule has 0 atom stereocenters. The summed E-state index contributed by atoms with van der Waals surface area (Å²) >= 11 is 1.40. The fraction of sp³-hybridized carbons (Fsp3) is 0.286. The van der Waals surface area contributed by atoms with Gasteiger partial charge in [0, 0.05) is 17.9 Å². The molecule has 1 aromatic heterocycles. The van der Waals surface area contributed by atoms with E-state index in [-0.39, 0.29) is 5.91 Å². The Balaban J connectivity index is 2.02. The molecule has 0 fully saturated rings. The zero-order chi connectivity index (χ0) is 13.4. The number of aromatic nitrogens is 1. The van der Waals surface area contributed by atoms with Gasteiger partial charge in [0.1, 0.15) is 4.88 Å². The van der Waals surface area contributed by atoms with Gasteiger partial charge in [-0.1, -0.05) is 6.07 Å². The fourth-order valence-electron chi connectivity index (χ4n) is 2.43. The average molecular weight is 273 g/mol. The van der Waals surface area contributed by atoms with Gasteiger partial charge in [0.15, 0.2) is 0 Å². The normalized spacial score (nSPS) is 14.3. The molecule has 0 bridgehead atoms. The van der Waals surface area contributed by atoms with Crippen molar-refractivity contribution in [1.82, 2.24) is 4.98 Å².